The lowest BCUT2D eigenvalue weighted by Crippen LogP contribution is -2.19. The SMILES string of the molecule is CCn1c(=O)c2cc(C(=O)Nc3ccc(Oc4ccccc4)cc3)sc2c2ccccc21. The summed E-state index contributed by atoms with van der Waals surface area (Å²) in [7, 11) is 0. The second-order valence-electron chi connectivity index (χ2n) is 7.31. The first-order valence-electron chi connectivity index (χ1n) is 10.3. The Labute approximate surface area is 188 Å². The number of carbonyl (C=O) groups excluding carboxylic acids is 1. The van der Waals surface area contributed by atoms with E-state index in [1.165, 1.54) is 11.3 Å². The van der Waals surface area contributed by atoms with Crippen molar-refractivity contribution in [1.82, 2.24) is 4.57 Å². The molecule has 1 amide bonds. The Hall–Kier alpha value is -3.90. The number of nitrogens with zero attached hydrogens (tertiary/aromatic N) is 1. The Morgan fingerprint density at radius 3 is 2.34 bits per heavy atom. The Morgan fingerprint density at radius 2 is 1.59 bits per heavy atom. The number of anilines is 1. The molecule has 2 aromatic heterocycles. The predicted molar refractivity (Wildman–Crippen MR) is 130 cm³/mol. The molecule has 0 unspecified atom stereocenters. The molecule has 0 fully saturated rings. The van der Waals surface area contributed by atoms with Gasteiger partial charge in [0.05, 0.1) is 15.8 Å². The van der Waals surface area contributed by atoms with Gasteiger partial charge in [-0.05, 0) is 55.5 Å². The molecule has 6 heteroatoms. The molecule has 0 saturated heterocycles. The molecule has 0 aliphatic rings. The zero-order valence-electron chi connectivity index (χ0n) is 17.4. The Bertz CT molecular complexity index is 1490. The number of pyridine rings is 1. The number of benzene rings is 3. The summed E-state index contributed by atoms with van der Waals surface area (Å²) < 4.78 is 8.38. The highest BCUT2D eigenvalue weighted by Crippen LogP contribution is 2.31. The molecular formula is C26H20N2O3S. The number of aryl methyl sites for hydroxylation is 1. The number of fused-ring (bicyclic) bond motifs is 3. The third kappa shape index (κ3) is 3.65. The van der Waals surface area contributed by atoms with Crippen LogP contribution in [0.25, 0.3) is 21.0 Å². The van der Waals surface area contributed by atoms with Gasteiger partial charge in [-0.2, -0.15) is 0 Å². The van der Waals surface area contributed by atoms with Gasteiger partial charge in [-0.15, -0.1) is 11.3 Å². The van der Waals surface area contributed by atoms with E-state index in [0.717, 1.165) is 21.4 Å². The van der Waals surface area contributed by atoms with Crippen LogP contribution in [0.4, 0.5) is 5.69 Å². The summed E-state index contributed by atoms with van der Waals surface area (Å²) in [5.41, 5.74) is 1.47. The molecule has 2 heterocycles. The van der Waals surface area contributed by atoms with Crippen molar-refractivity contribution in [3.63, 3.8) is 0 Å². The summed E-state index contributed by atoms with van der Waals surface area (Å²) in [6.45, 7) is 2.52. The summed E-state index contributed by atoms with van der Waals surface area (Å²) in [5.74, 6) is 1.19. The number of para-hydroxylation sites is 2. The molecule has 0 atom stereocenters. The number of carbonyl (C=O) groups is 1. The number of aromatic nitrogens is 1. The van der Waals surface area contributed by atoms with Crippen LogP contribution in [-0.4, -0.2) is 10.5 Å². The average molecular weight is 441 g/mol. The van der Waals surface area contributed by atoms with Crippen LogP contribution in [0.1, 0.15) is 16.6 Å². The molecule has 5 rings (SSSR count). The van der Waals surface area contributed by atoms with E-state index in [1.807, 2.05) is 61.5 Å². The van der Waals surface area contributed by atoms with Crippen LogP contribution >= 0.6 is 11.3 Å². The topological polar surface area (TPSA) is 60.3 Å². The van der Waals surface area contributed by atoms with Crippen LogP contribution in [-0.2, 0) is 6.54 Å². The minimum Gasteiger partial charge on any atom is -0.457 e. The first-order chi connectivity index (χ1) is 15.6. The molecule has 5 aromatic rings. The van der Waals surface area contributed by atoms with Gasteiger partial charge in [0.1, 0.15) is 11.5 Å². The number of rotatable bonds is 5. The molecular weight excluding hydrogens is 420 g/mol. The van der Waals surface area contributed by atoms with E-state index in [9.17, 15) is 9.59 Å². The number of hydrogen-bond donors (Lipinski definition) is 1. The van der Waals surface area contributed by atoms with Gasteiger partial charge in [-0.3, -0.25) is 9.59 Å². The average Bonchev–Trinajstić information content (AvgIpc) is 3.28. The maximum atomic E-state index is 13.0. The zero-order valence-corrected chi connectivity index (χ0v) is 18.2. The fraction of sp³-hybridized carbons (Fsp3) is 0.0769. The number of nitrogens with one attached hydrogen (secondary N) is 1. The number of amides is 1. The van der Waals surface area contributed by atoms with Crippen LogP contribution in [0.2, 0.25) is 0 Å². The molecule has 0 radical (unpaired) electrons. The lowest BCUT2D eigenvalue weighted by atomic mass is 10.1. The molecule has 0 aliphatic carbocycles. The van der Waals surface area contributed by atoms with Gasteiger partial charge in [-0.1, -0.05) is 36.4 Å². The molecule has 3 aromatic carbocycles. The van der Waals surface area contributed by atoms with Crippen LogP contribution in [0.5, 0.6) is 11.5 Å². The van der Waals surface area contributed by atoms with E-state index >= 15 is 0 Å². The van der Waals surface area contributed by atoms with Gasteiger partial charge in [-0.25, -0.2) is 0 Å². The highest BCUT2D eigenvalue weighted by Gasteiger charge is 2.17. The molecule has 5 nitrogen and oxygen atoms in total. The summed E-state index contributed by atoms with van der Waals surface area (Å²) in [6, 6.07) is 26.2. The fourth-order valence-electron chi connectivity index (χ4n) is 3.76. The van der Waals surface area contributed by atoms with Crippen molar-refractivity contribution in [2.45, 2.75) is 13.5 Å². The summed E-state index contributed by atoms with van der Waals surface area (Å²) in [4.78, 5) is 26.4. The normalized spacial score (nSPS) is 11.0. The summed E-state index contributed by atoms with van der Waals surface area (Å²) >= 11 is 1.34. The minimum atomic E-state index is -0.241. The van der Waals surface area contributed by atoms with Gasteiger partial charge in [0, 0.05) is 22.3 Å². The van der Waals surface area contributed by atoms with E-state index in [0.29, 0.717) is 28.2 Å². The lowest BCUT2D eigenvalue weighted by Gasteiger charge is -2.08. The van der Waals surface area contributed by atoms with E-state index in [-0.39, 0.29) is 11.5 Å². The van der Waals surface area contributed by atoms with Crippen molar-refractivity contribution in [2.75, 3.05) is 5.32 Å². The molecule has 1 N–H and O–H groups in total. The maximum Gasteiger partial charge on any atom is 0.265 e. The summed E-state index contributed by atoms with van der Waals surface area (Å²) in [6.07, 6.45) is 0. The molecule has 0 aliphatic heterocycles. The smallest absolute Gasteiger partial charge is 0.265 e. The molecule has 0 spiro atoms. The van der Waals surface area contributed by atoms with E-state index < -0.39 is 0 Å². The number of ether oxygens (including phenoxy) is 1. The van der Waals surface area contributed by atoms with E-state index in [1.54, 1.807) is 34.9 Å². The van der Waals surface area contributed by atoms with Crippen molar-refractivity contribution < 1.29 is 9.53 Å². The highest BCUT2D eigenvalue weighted by molar-refractivity contribution is 7.21. The largest absolute Gasteiger partial charge is 0.457 e. The van der Waals surface area contributed by atoms with Gasteiger partial charge < -0.3 is 14.6 Å². The Kier molecular flexibility index (Phi) is 5.21. The minimum absolute atomic E-state index is 0.0705. The molecule has 32 heavy (non-hydrogen) atoms. The van der Waals surface area contributed by atoms with Crippen molar-refractivity contribution in [3.8, 4) is 11.5 Å². The van der Waals surface area contributed by atoms with Crippen LogP contribution in [0.3, 0.4) is 0 Å². The van der Waals surface area contributed by atoms with Crippen LogP contribution in [0.15, 0.2) is 89.7 Å². The fourth-order valence-corrected chi connectivity index (χ4v) is 4.83. The Balaban J connectivity index is 1.42. The number of hydrogen-bond acceptors (Lipinski definition) is 4. The first-order valence-corrected chi connectivity index (χ1v) is 11.1. The van der Waals surface area contributed by atoms with Crippen molar-refractivity contribution in [2.24, 2.45) is 0 Å². The zero-order chi connectivity index (χ0) is 22.1. The van der Waals surface area contributed by atoms with Crippen LogP contribution < -0.4 is 15.6 Å². The molecule has 158 valence electrons. The second-order valence-corrected chi connectivity index (χ2v) is 8.37. The van der Waals surface area contributed by atoms with Gasteiger partial charge >= 0.3 is 0 Å². The second kappa shape index (κ2) is 8.32. The molecule has 0 bridgehead atoms. The van der Waals surface area contributed by atoms with Crippen molar-refractivity contribution >= 4 is 43.9 Å². The van der Waals surface area contributed by atoms with Crippen molar-refractivity contribution in [1.29, 1.82) is 0 Å². The monoisotopic (exact) mass is 440 g/mol. The van der Waals surface area contributed by atoms with Gasteiger partial charge in [0.15, 0.2) is 0 Å². The molecule has 0 saturated carbocycles. The third-order valence-corrected chi connectivity index (χ3v) is 6.45. The quantitative estimate of drug-likeness (QED) is 0.350. The third-order valence-electron chi connectivity index (χ3n) is 5.28. The maximum absolute atomic E-state index is 13.0. The summed E-state index contributed by atoms with van der Waals surface area (Å²) in [5, 5.41) is 4.47. The number of thiophene rings is 1. The van der Waals surface area contributed by atoms with Gasteiger partial charge in [0.2, 0.25) is 0 Å². The predicted octanol–water partition coefficient (Wildman–Crippen LogP) is 6.28. The van der Waals surface area contributed by atoms with Gasteiger partial charge in [0.25, 0.3) is 11.5 Å². The van der Waals surface area contributed by atoms with Crippen LogP contribution in [0, 0.1) is 0 Å². The lowest BCUT2D eigenvalue weighted by molar-refractivity contribution is 0.103. The van der Waals surface area contributed by atoms with E-state index in [4.69, 9.17) is 4.74 Å². The van der Waals surface area contributed by atoms with E-state index in [2.05, 4.69) is 5.32 Å². The Morgan fingerprint density at radius 1 is 0.906 bits per heavy atom. The highest BCUT2D eigenvalue weighted by atomic mass is 32.1. The standard InChI is InChI=1S/C26H20N2O3S/c1-2-28-22-11-7-6-10-20(22)24-21(26(28)30)16-23(32-24)25(29)27-17-12-14-19(15-13-17)31-18-8-4-3-5-9-18/h3-16H,2H2,1H3,(H,27,29). The first kappa shape index (κ1) is 20.0. The van der Waals surface area contributed by atoms with Crippen molar-refractivity contribution in [3.05, 3.63) is 100 Å².